The first-order valence-electron chi connectivity index (χ1n) is 10.4. The fourth-order valence-electron chi connectivity index (χ4n) is 3.54. The molecule has 3 aromatic rings. The van der Waals surface area contributed by atoms with E-state index in [2.05, 4.69) is 13.0 Å². The lowest BCUT2D eigenvalue weighted by atomic mass is 9.99. The van der Waals surface area contributed by atoms with Crippen molar-refractivity contribution in [2.45, 2.75) is 46.2 Å². The number of hydrogen-bond donors (Lipinski definition) is 1. The smallest absolute Gasteiger partial charge is 0.336 e. The second kappa shape index (κ2) is 9.92. The Morgan fingerprint density at radius 2 is 1.83 bits per heavy atom. The summed E-state index contributed by atoms with van der Waals surface area (Å²) in [5.41, 5.74) is 3.83. The summed E-state index contributed by atoms with van der Waals surface area (Å²) in [4.78, 5) is 24.4. The molecule has 5 nitrogen and oxygen atoms in total. The molecular weight excluding hydrogens is 376 g/mol. The molecule has 2 aromatic carbocycles. The Balaban J connectivity index is 1.89. The molecule has 0 amide bonds. The minimum atomic E-state index is -0.941. The number of aryl methyl sites for hydroxylation is 1. The fourth-order valence-corrected chi connectivity index (χ4v) is 3.54. The number of allylic oxidation sites excluding steroid dienone is 2. The number of aromatic carboxylic acids is 1. The molecule has 0 radical (unpaired) electrons. The zero-order chi connectivity index (χ0) is 21.5. The molecule has 0 unspecified atom stereocenters. The number of hydrogen-bond acceptors (Lipinski definition) is 2. The van der Waals surface area contributed by atoms with Crippen molar-refractivity contribution in [1.29, 1.82) is 0 Å². The molecule has 0 aliphatic carbocycles. The zero-order valence-electron chi connectivity index (χ0n) is 17.5. The topological polar surface area (TPSA) is 64.2 Å². The third-order valence-corrected chi connectivity index (χ3v) is 5.21. The van der Waals surface area contributed by atoms with E-state index in [1.54, 1.807) is 16.7 Å². The molecule has 1 aromatic heterocycles. The fraction of sp³-hybridized carbons (Fsp3) is 0.280. The maximum atomic E-state index is 12.9. The van der Waals surface area contributed by atoms with Crippen molar-refractivity contribution >= 4 is 5.97 Å². The van der Waals surface area contributed by atoms with Crippen LogP contribution in [0.5, 0.6) is 0 Å². The molecule has 0 bridgehead atoms. The summed E-state index contributed by atoms with van der Waals surface area (Å²) < 4.78 is 3.63. The largest absolute Gasteiger partial charge is 0.478 e. The third-order valence-electron chi connectivity index (χ3n) is 5.21. The van der Waals surface area contributed by atoms with Crippen molar-refractivity contribution in [2.75, 3.05) is 0 Å². The standard InChI is InChI=1S/C25H28N2O3/c1-3-5-9-21-18-26(16-6-4-2)25(30)27(21)17-19-12-14-20(15-13-19)22-10-7-8-11-23(22)24(28)29/h3,5,7-8,10-15,18H,4,6,9,16-17H2,1-2H3,(H,28,29). The highest BCUT2D eigenvalue weighted by atomic mass is 16.4. The second-order valence-electron chi connectivity index (χ2n) is 7.36. The van der Waals surface area contributed by atoms with Gasteiger partial charge < -0.3 is 5.11 Å². The molecule has 0 saturated heterocycles. The lowest BCUT2D eigenvalue weighted by Gasteiger charge is -2.09. The third kappa shape index (κ3) is 4.79. The molecule has 156 valence electrons. The Labute approximate surface area is 176 Å². The number of carbonyl (C=O) groups is 1. The van der Waals surface area contributed by atoms with Gasteiger partial charge in [0, 0.05) is 24.9 Å². The van der Waals surface area contributed by atoms with Gasteiger partial charge in [0.2, 0.25) is 0 Å². The first kappa shape index (κ1) is 21.4. The Morgan fingerprint density at radius 3 is 2.50 bits per heavy atom. The minimum absolute atomic E-state index is 0.0169. The van der Waals surface area contributed by atoms with Crippen molar-refractivity contribution in [2.24, 2.45) is 0 Å². The van der Waals surface area contributed by atoms with Crippen molar-refractivity contribution in [1.82, 2.24) is 9.13 Å². The Morgan fingerprint density at radius 1 is 1.10 bits per heavy atom. The van der Waals surface area contributed by atoms with Crippen molar-refractivity contribution in [3.8, 4) is 11.1 Å². The SMILES string of the molecule is CC=CCc1cn(CCCC)c(=O)n1Cc1ccc(-c2ccccc2C(=O)O)cc1. The highest BCUT2D eigenvalue weighted by Crippen LogP contribution is 2.24. The van der Waals surface area contributed by atoms with Crippen LogP contribution >= 0.6 is 0 Å². The zero-order valence-corrected chi connectivity index (χ0v) is 17.5. The van der Waals surface area contributed by atoms with E-state index >= 15 is 0 Å². The summed E-state index contributed by atoms with van der Waals surface area (Å²) in [6, 6.07) is 14.7. The van der Waals surface area contributed by atoms with Crippen LogP contribution in [0.4, 0.5) is 0 Å². The molecule has 0 atom stereocenters. The van der Waals surface area contributed by atoms with Gasteiger partial charge in [-0.15, -0.1) is 0 Å². The van der Waals surface area contributed by atoms with E-state index in [1.165, 1.54) is 0 Å². The van der Waals surface area contributed by atoms with Gasteiger partial charge >= 0.3 is 11.7 Å². The number of carboxylic acid groups (broad SMARTS) is 1. The molecule has 0 aliphatic heterocycles. The number of nitrogens with zero attached hydrogens (tertiary/aromatic N) is 2. The highest BCUT2D eigenvalue weighted by Gasteiger charge is 2.13. The summed E-state index contributed by atoms with van der Waals surface area (Å²) in [6.45, 7) is 5.32. The van der Waals surface area contributed by atoms with Crippen LogP contribution in [0.3, 0.4) is 0 Å². The summed E-state index contributed by atoms with van der Waals surface area (Å²) >= 11 is 0. The molecule has 1 heterocycles. The maximum Gasteiger partial charge on any atom is 0.336 e. The van der Waals surface area contributed by atoms with E-state index in [0.717, 1.165) is 42.6 Å². The van der Waals surface area contributed by atoms with Gasteiger partial charge in [0.05, 0.1) is 12.1 Å². The Bertz CT molecular complexity index is 1090. The average molecular weight is 405 g/mol. The van der Waals surface area contributed by atoms with Gasteiger partial charge in [-0.3, -0.25) is 9.13 Å². The van der Waals surface area contributed by atoms with Gasteiger partial charge in [0.15, 0.2) is 0 Å². The summed E-state index contributed by atoms with van der Waals surface area (Å²) in [5.74, 6) is -0.941. The average Bonchev–Trinajstić information content (AvgIpc) is 3.05. The van der Waals surface area contributed by atoms with E-state index in [9.17, 15) is 14.7 Å². The molecule has 0 spiro atoms. The van der Waals surface area contributed by atoms with Crippen LogP contribution < -0.4 is 5.69 Å². The predicted octanol–water partition coefficient (Wildman–Crippen LogP) is 4.98. The van der Waals surface area contributed by atoms with E-state index in [-0.39, 0.29) is 11.3 Å². The number of carboxylic acids is 1. The van der Waals surface area contributed by atoms with E-state index < -0.39 is 5.97 Å². The van der Waals surface area contributed by atoms with Crippen LogP contribution in [-0.2, 0) is 19.5 Å². The predicted molar refractivity (Wildman–Crippen MR) is 120 cm³/mol. The van der Waals surface area contributed by atoms with E-state index in [4.69, 9.17) is 0 Å². The van der Waals surface area contributed by atoms with Gasteiger partial charge in [-0.05, 0) is 36.1 Å². The number of aromatic nitrogens is 2. The molecule has 5 heteroatoms. The lowest BCUT2D eigenvalue weighted by Crippen LogP contribution is -2.25. The van der Waals surface area contributed by atoms with Gasteiger partial charge in [-0.1, -0.05) is 68.0 Å². The lowest BCUT2D eigenvalue weighted by molar-refractivity contribution is 0.0697. The molecular formula is C25H28N2O3. The van der Waals surface area contributed by atoms with Crippen LogP contribution in [0, 0.1) is 0 Å². The monoisotopic (exact) mass is 404 g/mol. The van der Waals surface area contributed by atoms with Crippen LogP contribution in [0.2, 0.25) is 0 Å². The van der Waals surface area contributed by atoms with Crippen LogP contribution in [-0.4, -0.2) is 20.2 Å². The molecule has 30 heavy (non-hydrogen) atoms. The molecule has 0 saturated carbocycles. The van der Waals surface area contributed by atoms with Crippen LogP contribution in [0.15, 0.2) is 71.7 Å². The first-order chi connectivity index (χ1) is 14.5. The van der Waals surface area contributed by atoms with E-state index in [1.807, 2.05) is 60.2 Å². The Hall–Kier alpha value is -3.34. The quantitative estimate of drug-likeness (QED) is 0.512. The van der Waals surface area contributed by atoms with E-state index in [0.29, 0.717) is 12.1 Å². The normalized spacial score (nSPS) is 11.3. The second-order valence-corrected chi connectivity index (χ2v) is 7.36. The number of rotatable bonds is 9. The van der Waals surface area contributed by atoms with Crippen molar-refractivity contribution in [3.05, 3.63) is 94.2 Å². The molecule has 0 aliphatic rings. The van der Waals surface area contributed by atoms with Crippen LogP contribution in [0.25, 0.3) is 11.1 Å². The maximum absolute atomic E-state index is 12.9. The first-order valence-corrected chi connectivity index (χ1v) is 10.4. The van der Waals surface area contributed by atoms with Crippen LogP contribution in [0.1, 0.15) is 48.3 Å². The number of unbranched alkanes of at least 4 members (excludes halogenated alkanes) is 1. The van der Waals surface area contributed by atoms with Gasteiger partial charge in [0.1, 0.15) is 0 Å². The number of benzene rings is 2. The van der Waals surface area contributed by atoms with Gasteiger partial charge in [-0.2, -0.15) is 0 Å². The molecule has 3 rings (SSSR count). The highest BCUT2D eigenvalue weighted by molar-refractivity contribution is 5.95. The Kier molecular flexibility index (Phi) is 7.07. The minimum Gasteiger partial charge on any atom is -0.478 e. The van der Waals surface area contributed by atoms with Crippen molar-refractivity contribution < 1.29 is 9.90 Å². The van der Waals surface area contributed by atoms with Crippen molar-refractivity contribution in [3.63, 3.8) is 0 Å². The molecule has 1 N–H and O–H groups in total. The summed E-state index contributed by atoms with van der Waals surface area (Å²) in [7, 11) is 0. The van der Waals surface area contributed by atoms with Gasteiger partial charge in [0.25, 0.3) is 0 Å². The summed E-state index contributed by atoms with van der Waals surface area (Å²) in [6.07, 6.45) is 8.75. The van der Waals surface area contributed by atoms with Gasteiger partial charge in [-0.25, -0.2) is 9.59 Å². The number of imidazole rings is 1. The summed E-state index contributed by atoms with van der Waals surface area (Å²) in [5, 5.41) is 9.43. The molecule has 0 fully saturated rings.